The zero-order chi connectivity index (χ0) is 16.6. The molecule has 2 aliphatic heterocycles. The number of aliphatic hydroxyl groups is 1. The number of aryl methyl sites for hydroxylation is 2. The number of fused-ring (bicyclic) bond motifs is 1. The van der Waals surface area contributed by atoms with Crippen molar-refractivity contribution in [1.29, 1.82) is 0 Å². The summed E-state index contributed by atoms with van der Waals surface area (Å²) in [7, 11) is 0. The summed E-state index contributed by atoms with van der Waals surface area (Å²) in [4.78, 5) is 28.2. The highest BCUT2D eigenvalue weighted by Gasteiger charge is 2.42. The van der Waals surface area contributed by atoms with E-state index in [1.807, 2.05) is 0 Å². The van der Waals surface area contributed by atoms with E-state index in [2.05, 4.69) is 42.3 Å². The Morgan fingerprint density at radius 2 is 2.00 bits per heavy atom. The molecule has 1 aromatic carbocycles. The predicted octanol–water partition coefficient (Wildman–Crippen LogP) is -0.193. The third-order valence-corrected chi connectivity index (χ3v) is 4.82. The Hall–Kier alpha value is -1.92. The first-order valence-electron chi connectivity index (χ1n) is 8.00. The third-order valence-electron chi connectivity index (χ3n) is 4.82. The van der Waals surface area contributed by atoms with Gasteiger partial charge in [0.2, 0.25) is 11.8 Å². The molecule has 2 N–H and O–H groups in total. The van der Waals surface area contributed by atoms with Crippen LogP contribution in [0.3, 0.4) is 0 Å². The van der Waals surface area contributed by atoms with Gasteiger partial charge in [0.1, 0.15) is 12.1 Å². The van der Waals surface area contributed by atoms with Crippen LogP contribution in [0.1, 0.15) is 16.7 Å². The molecule has 6 heteroatoms. The van der Waals surface area contributed by atoms with Crippen LogP contribution in [0.2, 0.25) is 0 Å². The van der Waals surface area contributed by atoms with E-state index in [-0.39, 0.29) is 18.4 Å². The fraction of sp³-hybridized carbons (Fsp3) is 0.529. The van der Waals surface area contributed by atoms with Gasteiger partial charge >= 0.3 is 0 Å². The summed E-state index contributed by atoms with van der Waals surface area (Å²) in [5, 5.41) is 11.8. The van der Waals surface area contributed by atoms with Crippen molar-refractivity contribution in [2.45, 2.75) is 32.5 Å². The minimum atomic E-state index is -0.787. The highest BCUT2D eigenvalue weighted by atomic mass is 16.3. The fourth-order valence-corrected chi connectivity index (χ4v) is 3.28. The van der Waals surface area contributed by atoms with Crippen LogP contribution in [0.5, 0.6) is 0 Å². The Morgan fingerprint density at radius 1 is 1.22 bits per heavy atom. The van der Waals surface area contributed by atoms with Gasteiger partial charge in [-0.05, 0) is 30.5 Å². The van der Waals surface area contributed by atoms with Crippen LogP contribution in [0.15, 0.2) is 18.2 Å². The maximum absolute atomic E-state index is 12.2. The van der Waals surface area contributed by atoms with Crippen molar-refractivity contribution in [3.05, 3.63) is 34.9 Å². The molecule has 124 valence electrons. The van der Waals surface area contributed by atoms with Crippen molar-refractivity contribution >= 4 is 11.8 Å². The second kappa shape index (κ2) is 6.29. The van der Waals surface area contributed by atoms with E-state index >= 15 is 0 Å². The molecule has 2 heterocycles. The molecule has 2 aliphatic rings. The largest absolute Gasteiger partial charge is 0.394 e. The first-order chi connectivity index (χ1) is 11.0. The Balaban J connectivity index is 1.69. The molecule has 0 bridgehead atoms. The lowest BCUT2D eigenvalue weighted by molar-refractivity contribution is -0.154. The van der Waals surface area contributed by atoms with E-state index in [0.29, 0.717) is 13.1 Å². The van der Waals surface area contributed by atoms with Crippen LogP contribution < -0.4 is 5.32 Å². The van der Waals surface area contributed by atoms with Gasteiger partial charge in [0, 0.05) is 26.2 Å². The highest BCUT2D eigenvalue weighted by molar-refractivity contribution is 5.97. The molecule has 0 aromatic heterocycles. The minimum Gasteiger partial charge on any atom is -0.394 e. The number of hydrogen-bond acceptors (Lipinski definition) is 4. The summed E-state index contributed by atoms with van der Waals surface area (Å²) >= 11 is 0. The summed E-state index contributed by atoms with van der Waals surface area (Å²) in [6.07, 6.45) is 0. The van der Waals surface area contributed by atoms with Crippen LogP contribution in [-0.4, -0.2) is 65.0 Å². The van der Waals surface area contributed by atoms with E-state index in [1.54, 1.807) is 4.90 Å². The lowest BCUT2D eigenvalue weighted by atomic mass is 10.0. The van der Waals surface area contributed by atoms with Crippen LogP contribution >= 0.6 is 0 Å². The van der Waals surface area contributed by atoms with Gasteiger partial charge in [-0.25, -0.2) is 0 Å². The van der Waals surface area contributed by atoms with Crippen LogP contribution in [0, 0.1) is 13.8 Å². The quantitative estimate of drug-likeness (QED) is 0.810. The van der Waals surface area contributed by atoms with Gasteiger partial charge in [-0.3, -0.25) is 14.5 Å². The fourth-order valence-electron chi connectivity index (χ4n) is 3.28. The molecule has 0 spiro atoms. The predicted molar refractivity (Wildman–Crippen MR) is 85.7 cm³/mol. The summed E-state index contributed by atoms with van der Waals surface area (Å²) in [6.45, 7) is 6.41. The molecular formula is C17H23N3O3. The molecule has 2 atom stereocenters. The first kappa shape index (κ1) is 16.0. The standard InChI is InChI=1S/C17H23N3O3/c1-11-3-4-13(7-12(11)2)8-19-5-6-20-15(9-19)16(22)18-14(10-21)17(20)23/h3-4,7,14-15,21H,5-6,8-10H2,1-2H3,(H,18,22)/t14-,15+/m0/s1. The van der Waals surface area contributed by atoms with E-state index in [0.717, 1.165) is 13.1 Å². The van der Waals surface area contributed by atoms with Crippen molar-refractivity contribution in [2.24, 2.45) is 0 Å². The van der Waals surface area contributed by atoms with Gasteiger partial charge in [-0.2, -0.15) is 0 Å². The van der Waals surface area contributed by atoms with Crippen molar-refractivity contribution in [1.82, 2.24) is 15.1 Å². The Bertz CT molecular complexity index is 632. The summed E-state index contributed by atoms with van der Waals surface area (Å²) in [5.74, 6) is -0.351. The highest BCUT2D eigenvalue weighted by Crippen LogP contribution is 2.19. The van der Waals surface area contributed by atoms with E-state index in [9.17, 15) is 14.7 Å². The molecule has 0 radical (unpaired) electrons. The first-order valence-corrected chi connectivity index (χ1v) is 8.00. The van der Waals surface area contributed by atoms with Gasteiger partial charge in [-0.1, -0.05) is 18.2 Å². The van der Waals surface area contributed by atoms with Gasteiger partial charge < -0.3 is 15.3 Å². The van der Waals surface area contributed by atoms with Crippen LogP contribution in [0.4, 0.5) is 0 Å². The van der Waals surface area contributed by atoms with E-state index < -0.39 is 12.1 Å². The van der Waals surface area contributed by atoms with Gasteiger partial charge in [0.25, 0.3) is 0 Å². The smallest absolute Gasteiger partial charge is 0.248 e. The summed E-state index contributed by atoms with van der Waals surface area (Å²) < 4.78 is 0. The zero-order valence-corrected chi connectivity index (χ0v) is 13.6. The molecular weight excluding hydrogens is 294 g/mol. The SMILES string of the molecule is Cc1ccc(CN2CCN3C(=O)[C@H](CO)NC(=O)[C@H]3C2)cc1C. The van der Waals surface area contributed by atoms with E-state index in [4.69, 9.17) is 0 Å². The average Bonchev–Trinajstić information content (AvgIpc) is 2.54. The molecule has 0 unspecified atom stereocenters. The second-order valence-corrected chi connectivity index (χ2v) is 6.44. The van der Waals surface area contributed by atoms with E-state index in [1.165, 1.54) is 16.7 Å². The normalized spacial score (nSPS) is 25.3. The molecule has 1 aromatic rings. The monoisotopic (exact) mass is 317 g/mol. The molecule has 6 nitrogen and oxygen atoms in total. The van der Waals surface area contributed by atoms with Crippen molar-refractivity contribution in [3.8, 4) is 0 Å². The Morgan fingerprint density at radius 3 is 2.70 bits per heavy atom. The third kappa shape index (κ3) is 3.09. The minimum absolute atomic E-state index is 0.173. The number of carbonyl (C=O) groups is 2. The Labute approximate surface area is 136 Å². The number of amides is 2. The van der Waals surface area contributed by atoms with Crippen molar-refractivity contribution in [3.63, 3.8) is 0 Å². The maximum Gasteiger partial charge on any atom is 0.248 e. The Kier molecular flexibility index (Phi) is 4.37. The van der Waals surface area contributed by atoms with Crippen molar-refractivity contribution < 1.29 is 14.7 Å². The van der Waals surface area contributed by atoms with Crippen molar-refractivity contribution in [2.75, 3.05) is 26.2 Å². The number of piperazine rings is 2. The molecule has 2 fully saturated rings. The molecule has 23 heavy (non-hydrogen) atoms. The number of hydrogen-bond donors (Lipinski definition) is 2. The van der Waals surface area contributed by atoms with Gasteiger partial charge in [0.15, 0.2) is 0 Å². The molecule has 0 saturated carbocycles. The zero-order valence-electron chi connectivity index (χ0n) is 13.6. The number of aliphatic hydroxyl groups excluding tert-OH is 1. The van der Waals surface area contributed by atoms with Gasteiger partial charge in [0.05, 0.1) is 6.61 Å². The lowest BCUT2D eigenvalue weighted by Gasteiger charge is -2.45. The average molecular weight is 317 g/mol. The summed E-state index contributed by atoms with van der Waals surface area (Å²) in [5.41, 5.74) is 3.75. The topological polar surface area (TPSA) is 72.9 Å². The number of nitrogens with zero attached hydrogens (tertiary/aromatic N) is 2. The second-order valence-electron chi connectivity index (χ2n) is 6.44. The number of nitrogens with one attached hydrogen (secondary N) is 1. The summed E-state index contributed by atoms with van der Waals surface area (Å²) in [6, 6.07) is 5.16. The lowest BCUT2D eigenvalue weighted by Crippen LogP contribution is -2.69. The van der Waals surface area contributed by atoms with Crippen LogP contribution in [0.25, 0.3) is 0 Å². The molecule has 2 amide bonds. The molecule has 3 rings (SSSR count). The number of benzene rings is 1. The molecule has 2 saturated heterocycles. The van der Waals surface area contributed by atoms with Crippen LogP contribution in [-0.2, 0) is 16.1 Å². The maximum atomic E-state index is 12.2. The van der Waals surface area contributed by atoms with Gasteiger partial charge in [-0.15, -0.1) is 0 Å². The number of carbonyl (C=O) groups excluding carboxylic acids is 2. The molecule has 0 aliphatic carbocycles. The number of rotatable bonds is 3.